The van der Waals surface area contributed by atoms with Crippen LogP contribution in [0, 0.1) is 0 Å². The normalized spacial score (nSPS) is 20.0. The highest BCUT2D eigenvalue weighted by molar-refractivity contribution is 7.93. The Morgan fingerprint density at radius 2 is 1.81 bits per heavy atom. The van der Waals surface area contributed by atoms with E-state index in [4.69, 9.17) is 0 Å². The van der Waals surface area contributed by atoms with Crippen molar-refractivity contribution in [2.75, 3.05) is 23.1 Å². The Hall–Kier alpha value is -2.35. The predicted molar refractivity (Wildman–Crippen MR) is 123 cm³/mol. The molecule has 8 heteroatoms. The number of nitrogens with zero attached hydrogens (tertiary/aromatic N) is 1. The van der Waals surface area contributed by atoms with Crippen LogP contribution in [0.5, 0.6) is 0 Å². The monoisotopic (exact) mass is 447 g/mol. The number of hydrogen-bond acceptors (Lipinski definition) is 4. The average molecular weight is 448 g/mol. The molecule has 0 aromatic heterocycles. The zero-order valence-electron chi connectivity index (χ0n) is 18.2. The molecule has 0 atom stereocenters. The number of amides is 2. The van der Waals surface area contributed by atoms with Gasteiger partial charge in [0.1, 0.15) is 5.54 Å². The number of carbonyl (C=O) groups excluding carboxylic acids is 2. The maximum atomic E-state index is 12.8. The van der Waals surface area contributed by atoms with E-state index in [-0.39, 0.29) is 17.6 Å². The molecule has 2 N–H and O–H groups in total. The molecule has 0 radical (unpaired) electrons. The van der Waals surface area contributed by atoms with Crippen LogP contribution in [0.25, 0.3) is 6.08 Å². The standard InChI is InChI=1S/C23H33N3O4S/c1-2-3-16-24-22(28)23(14-5-4-6-15-23)25-21(27)13-10-19-8-11-20(12-9-19)26-17-7-18-31(26,29)30/h8-13H,2-7,14-18H2,1H3,(H,24,28)(H,25,27)/b13-10+. The molecular formula is C23H33N3O4S. The topological polar surface area (TPSA) is 95.6 Å². The van der Waals surface area contributed by atoms with Crippen molar-refractivity contribution in [3.8, 4) is 0 Å². The van der Waals surface area contributed by atoms with Gasteiger partial charge in [-0.05, 0) is 49.5 Å². The molecule has 2 aliphatic rings. The van der Waals surface area contributed by atoms with E-state index in [2.05, 4.69) is 17.6 Å². The van der Waals surface area contributed by atoms with E-state index in [1.807, 2.05) is 0 Å². The summed E-state index contributed by atoms with van der Waals surface area (Å²) >= 11 is 0. The van der Waals surface area contributed by atoms with Crippen molar-refractivity contribution in [3.63, 3.8) is 0 Å². The van der Waals surface area contributed by atoms with Gasteiger partial charge < -0.3 is 10.6 Å². The molecule has 0 spiro atoms. The first-order valence-corrected chi connectivity index (χ1v) is 12.9. The Kier molecular flexibility index (Phi) is 7.75. The van der Waals surface area contributed by atoms with Crippen LogP contribution in [0.2, 0.25) is 0 Å². The third-order valence-electron chi connectivity index (χ3n) is 6.03. The summed E-state index contributed by atoms with van der Waals surface area (Å²) < 4.78 is 25.5. The Morgan fingerprint density at radius 1 is 1.10 bits per heavy atom. The first-order valence-electron chi connectivity index (χ1n) is 11.3. The minimum absolute atomic E-state index is 0.0847. The molecule has 1 aromatic rings. The molecule has 1 aliphatic heterocycles. The first-order chi connectivity index (χ1) is 14.9. The SMILES string of the molecule is CCCCNC(=O)C1(NC(=O)/C=C/c2ccc(N3CCCS3(=O)=O)cc2)CCCCC1. The summed E-state index contributed by atoms with van der Waals surface area (Å²) in [5.41, 5.74) is 0.603. The van der Waals surface area contributed by atoms with Gasteiger partial charge in [-0.3, -0.25) is 13.9 Å². The summed E-state index contributed by atoms with van der Waals surface area (Å²) in [4.78, 5) is 25.4. The van der Waals surface area contributed by atoms with Crippen molar-refractivity contribution < 1.29 is 18.0 Å². The predicted octanol–water partition coefficient (Wildman–Crippen LogP) is 2.98. The van der Waals surface area contributed by atoms with Gasteiger partial charge >= 0.3 is 0 Å². The smallest absolute Gasteiger partial charge is 0.245 e. The molecule has 0 bridgehead atoms. The molecule has 1 aromatic carbocycles. The molecular weight excluding hydrogens is 414 g/mol. The molecule has 1 heterocycles. The van der Waals surface area contributed by atoms with E-state index < -0.39 is 15.6 Å². The molecule has 2 fully saturated rings. The first kappa shape index (κ1) is 23.3. The Morgan fingerprint density at radius 3 is 2.42 bits per heavy atom. The van der Waals surface area contributed by atoms with Crippen LogP contribution in [-0.2, 0) is 19.6 Å². The lowest BCUT2D eigenvalue weighted by molar-refractivity contribution is -0.133. The fourth-order valence-electron chi connectivity index (χ4n) is 4.24. The van der Waals surface area contributed by atoms with Gasteiger partial charge in [-0.25, -0.2) is 8.42 Å². The van der Waals surface area contributed by atoms with Crippen LogP contribution in [0.1, 0.15) is 63.9 Å². The number of hydrogen-bond donors (Lipinski definition) is 2. The molecule has 1 saturated heterocycles. The fourth-order valence-corrected chi connectivity index (χ4v) is 5.81. The summed E-state index contributed by atoms with van der Waals surface area (Å²) in [7, 11) is -3.21. The zero-order chi connectivity index (χ0) is 22.3. The second-order valence-electron chi connectivity index (χ2n) is 8.41. The molecule has 170 valence electrons. The molecule has 3 rings (SSSR count). The Labute approximate surface area is 185 Å². The maximum Gasteiger partial charge on any atom is 0.245 e. The van der Waals surface area contributed by atoms with Gasteiger partial charge in [0.25, 0.3) is 0 Å². The molecule has 31 heavy (non-hydrogen) atoms. The fraction of sp³-hybridized carbons (Fsp3) is 0.565. The van der Waals surface area contributed by atoms with E-state index in [0.717, 1.165) is 37.7 Å². The van der Waals surface area contributed by atoms with E-state index >= 15 is 0 Å². The highest BCUT2D eigenvalue weighted by Crippen LogP contribution is 2.29. The summed E-state index contributed by atoms with van der Waals surface area (Å²) in [6.45, 7) is 3.20. The van der Waals surface area contributed by atoms with Crippen molar-refractivity contribution >= 4 is 33.6 Å². The summed E-state index contributed by atoms with van der Waals surface area (Å²) in [6, 6.07) is 7.09. The van der Waals surface area contributed by atoms with E-state index in [1.54, 1.807) is 30.3 Å². The Bertz CT molecular complexity index is 903. The lowest BCUT2D eigenvalue weighted by Gasteiger charge is -2.36. The molecule has 1 aliphatic carbocycles. The van der Waals surface area contributed by atoms with Crippen LogP contribution < -0.4 is 14.9 Å². The van der Waals surface area contributed by atoms with Crippen LogP contribution in [0.15, 0.2) is 30.3 Å². The van der Waals surface area contributed by atoms with Crippen LogP contribution in [-0.4, -0.2) is 44.6 Å². The number of anilines is 1. The quantitative estimate of drug-likeness (QED) is 0.473. The van der Waals surface area contributed by atoms with Gasteiger partial charge in [0, 0.05) is 19.2 Å². The van der Waals surface area contributed by atoms with Gasteiger partial charge in [-0.15, -0.1) is 0 Å². The van der Waals surface area contributed by atoms with Crippen molar-refractivity contribution in [3.05, 3.63) is 35.9 Å². The van der Waals surface area contributed by atoms with Gasteiger partial charge in [0.2, 0.25) is 21.8 Å². The van der Waals surface area contributed by atoms with Gasteiger partial charge in [-0.1, -0.05) is 44.7 Å². The highest BCUT2D eigenvalue weighted by Gasteiger charge is 2.40. The summed E-state index contributed by atoms with van der Waals surface area (Å²) in [6.07, 6.45) is 9.92. The third kappa shape index (κ3) is 5.87. The van der Waals surface area contributed by atoms with Crippen molar-refractivity contribution in [1.82, 2.24) is 10.6 Å². The van der Waals surface area contributed by atoms with Crippen molar-refractivity contribution in [2.45, 2.75) is 63.8 Å². The lowest BCUT2D eigenvalue weighted by atomic mass is 9.80. The number of sulfonamides is 1. The van der Waals surface area contributed by atoms with Crippen LogP contribution >= 0.6 is 0 Å². The van der Waals surface area contributed by atoms with E-state index in [0.29, 0.717) is 38.0 Å². The largest absolute Gasteiger partial charge is 0.354 e. The maximum absolute atomic E-state index is 12.8. The number of rotatable bonds is 8. The number of benzene rings is 1. The molecule has 0 unspecified atom stereocenters. The minimum atomic E-state index is -3.21. The Balaban J connectivity index is 1.63. The average Bonchev–Trinajstić information content (AvgIpc) is 3.12. The third-order valence-corrected chi connectivity index (χ3v) is 7.90. The second kappa shape index (κ2) is 10.3. The van der Waals surface area contributed by atoms with Gasteiger partial charge in [-0.2, -0.15) is 0 Å². The van der Waals surface area contributed by atoms with Crippen LogP contribution in [0.4, 0.5) is 5.69 Å². The van der Waals surface area contributed by atoms with E-state index in [9.17, 15) is 18.0 Å². The van der Waals surface area contributed by atoms with Crippen molar-refractivity contribution in [1.29, 1.82) is 0 Å². The number of nitrogens with one attached hydrogen (secondary N) is 2. The number of carbonyl (C=O) groups is 2. The number of unbranched alkanes of at least 4 members (excludes halogenated alkanes) is 1. The molecule has 1 saturated carbocycles. The molecule has 7 nitrogen and oxygen atoms in total. The highest BCUT2D eigenvalue weighted by atomic mass is 32.2. The zero-order valence-corrected chi connectivity index (χ0v) is 19.0. The summed E-state index contributed by atoms with van der Waals surface area (Å²) in [5, 5.41) is 5.95. The van der Waals surface area contributed by atoms with Crippen molar-refractivity contribution in [2.24, 2.45) is 0 Å². The van der Waals surface area contributed by atoms with Gasteiger partial charge in [0.15, 0.2) is 0 Å². The lowest BCUT2D eigenvalue weighted by Crippen LogP contribution is -2.59. The van der Waals surface area contributed by atoms with Crippen LogP contribution in [0.3, 0.4) is 0 Å². The minimum Gasteiger partial charge on any atom is -0.354 e. The second-order valence-corrected chi connectivity index (χ2v) is 10.4. The molecule has 2 amide bonds. The summed E-state index contributed by atoms with van der Waals surface area (Å²) in [5.74, 6) is -0.194. The van der Waals surface area contributed by atoms with E-state index in [1.165, 1.54) is 10.4 Å². The van der Waals surface area contributed by atoms with Gasteiger partial charge in [0.05, 0.1) is 11.4 Å².